The zero-order valence-corrected chi connectivity index (χ0v) is 22.4. The maximum atomic E-state index is 11.3. The number of carbonyl (C=O) groups is 1. The number of fused-ring (bicyclic) bond motifs is 3. The average molecular weight is 537 g/mol. The van der Waals surface area contributed by atoms with Crippen LogP contribution in [0.2, 0.25) is 0 Å². The first-order chi connectivity index (χ1) is 19.0. The molecule has 0 spiro atoms. The Kier molecular flexibility index (Phi) is 9.17. The van der Waals surface area contributed by atoms with E-state index in [1.165, 1.54) is 39.9 Å². The van der Waals surface area contributed by atoms with Crippen LogP contribution in [0.1, 0.15) is 54.4 Å². The Morgan fingerprint density at radius 3 is 2.21 bits per heavy atom. The van der Waals surface area contributed by atoms with Crippen molar-refractivity contribution in [3.63, 3.8) is 0 Å². The summed E-state index contributed by atoms with van der Waals surface area (Å²) in [4.78, 5) is 31.3. The minimum atomic E-state index is -1.19. The van der Waals surface area contributed by atoms with Crippen molar-refractivity contribution in [1.82, 2.24) is 0 Å². The summed E-state index contributed by atoms with van der Waals surface area (Å²) in [5, 5.41) is 18.4. The molecule has 3 aromatic carbocycles. The van der Waals surface area contributed by atoms with Gasteiger partial charge in [-0.05, 0) is 83.3 Å². The van der Waals surface area contributed by atoms with E-state index < -0.39 is 5.97 Å². The fraction of sp³-hybridized carbons (Fsp3) is 0.219. The Morgan fingerprint density at radius 2 is 1.62 bits per heavy atom. The van der Waals surface area contributed by atoms with Crippen LogP contribution in [0, 0.1) is 11.3 Å². The first-order valence-corrected chi connectivity index (χ1v) is 13.8. The number of hydrogen-bond donors (Lipinski definition) is 1. The number of hydrogen-bond acceptors (Lipinski definition) is 6. The van der Waals surface area contributed by atoms with Gasteiger partial charge in [-0.2, -0.15) is 14.9 Å². The largest absolute Gasteiger partial charge is 0.477 e. The van der Waals surface area contributed by atoms with Crippen LogP contribution in [0.4, 0.5) is 11.4 Å². The summed E-state index contributed by atoms with van der Waals surface area (Å²) < 4.78 is 0. The van der Waals surface area contributed by atoms with Crippen LogP contribution in [0.3, 0.4) is 0 Å². The first-order valence-electron chi connectivity index (χ1n) is 12.8. The van der Waals surface area contributed by atoms with E-state index in [1.807, 2.05) is 17.8 Å². The Labute approximate surface area is 232 Å². The molecule has 39 heavy (non-hydrogen) atoms. The Morgan fingerprint density at radius 1 is 1.00 bits per heavy atom. The number of aliphatic carboxylic acids is 1. The topological polar surface area (TPSA) is 98.5 Å². The lowest BCUT2D eigenvalue weighted by Crippen LogP contribution is -2.26. The van der Waals surface area contributed by atoms with E-state index >= 15 is 0 Å². The summed E-state index contributed by atoms with van der Waals surface area (Å²) >= 11 is 1.85. The highest BCUT2D eigenvalue weighted by atomic mass is 32.2. The Hall–Kier alpha value is -4.37. The molecule has 2 atom stereocenters. The number of nitrogens with zero attached hydrogens (tertiary/aromatic N) is 2. The van der Waals surface area contributed by atoms with Gasteiger partial charge in [0.15, 0.2) is 0 Å². The average Bonchev–Trinajstić information content (AvgIpc) is 3.53. The van der Waals surface area contributed by atoms with Gasteiger partial charge in [-0.25, -0.2) is 4.79 Å². The van der Waals surface area contributed by atoms with E-state index in [0.29, 0.717) is 12.0 Å². The SMILES string of the molecule is CCSc1ccc(C=Cc2ccc(N3c4ccc(/C=C(\C#N)C(=O)O)cc4C4CCCC43)cc2)cc1.O=C=O. The Bertz CT molecular complexity index is 1460. The molecule has 0 bridgehead atoms. The summed E-state index contributed by atoms with van der Waals surface area (Å²) in [6, 6.07) is 25.6. The number of carboxylic acids is 1. The van der Waals surface area contributed by atoms with Crippen LogP contribution < -0.4 is 4.90 Å². The molecular weight excluding hydrogens is 508 g/mol. The molecule has 1 fully saturated rings. The lowest BCUT2D eigenvalue weighted by molar-refractivity contribution is -0.191. The maximum absolute atomic E-state index is 11.3. The molecule has 0 aromatic heterocycles. The molecule has 1 aliphatic carbocycles. The van der Waals surface area contributed by atoms with E-state index in [1.54, 1.807) is 6.07 Å². The van der Waals surface area contributed by atoms with Crippen molar-refractivity contribution in [2.45, 2.75) is 43.0 Å². The highest BCUT2D eigenvalue weighted by Crippen LogP contribution is 2.52. The predicted molar refractivity (Wildman–Crippen MR) is 153 cm³/mol. The highest BCUT2D eigenvalue weighted by Gasteiger charge is 2.42. The monoisotopic (exact) mass is 536 g/mol. The number of benzene rings is 3. The minimum absolute atomic E-state index is 0.243. The fourth-order valence-corrected chi connectivity index (χ4v) is 6.05. The number of rotatable bonds is 7. The van der Waals surface area contributed by atoms with E-state index in [9.17, 15) is 9.90 Å². The molecule has 1 N–H and O–H groups in total. The molecule has 0 radical (unpaired) electrons. The van der Waals surface area contributed by atoms with Gasteiger partial charge >= 0.3 is 12.1 Å². The summed E-state index contributed by atoms with van der Waals surface area (Å²) in [6.45, 7) is 2.16. The second kappa shape index (κ2) is 12.9. The van der Waals surface area contributed by atoms with Crippen molar-refractivity contribution in [2.24, 2.45) is 0 Å². The van der Waals surface area contributed by atoms with Gasteiger partial charge < -0.3 is 10.0 Å². The van der Waals surface area contributed by atoms with Crippen LogP contribution in [0.25, 0.3) is 18.2 Å². The number of nitriles is 1. The minimum Gasteiger partial charge on any atom is -0.477 e. The van der Waals surface area contributed by atoms with Gasteiger partial charge in [0.2, 0.25) is 0 Å². The second-order valence-corrected chi connectivity index (χ2v) is 10.6. The zero-order chi connectivity index (χ0) is 27.8. The maximum Gasteiger partial charge on any atom is 0.373 e. The van der Waals surface area contributed by atoms with Crippen molar-refractivity contribution < 1.29 is 19.5 Å². The van der Waals surface area contributed by atoms with Crippen molar-refractivity contribution in [1.29, 1.82) is 5.26 Å². The standard InChI is InChI=1S/C31H28N2O2S.CO2/c1-2-36-26-15-10-22(11-16-26)7-6-21-8-13-25(14-9-21)33-29-5-3-4-27(29)28-19-23(12-17-30(28)33)18-24(20-32)31(34)35;2-1-3/h6-19,27,29H,2-5H2,1H3,(H,34,35);/b7-6?,24-18+;. The van der Waals surface area contributed by atoms with Gasteiger partial charge in [0, 0.05) is 28.2 Å². The Balaban J connectivity index is 0.00000112. The highest BCUT2D eigenvalue weighted by molar-refractivity contribution is 7.99. The smallest absolute Gasteiger partial charge is 0.373 e. The van der Waals surface area contributed by atoms with Gasteiger partial charge in [0.1, 0.15) is 11.6 Å². The molecule has 6 nitrogen and oxygen atoms in total. The van der Waals surface area contributed by atoms with E-state index in [0.717, 1.165) is 29.7 Å². The lowest BCUT2D eigenvalue weighted by atomic mass is 9.95. The quantitative estimate of drug-likeness (QED) is 0.148. The fourth-order valence-electron chi connectivity index (χ4n) is 5.39. The molecule has 5 rings (SSSR count). The summed E-state index contributed by atoms with van der Waals surface area (Å²) in [7, 11) is 0. The lowest BCUT2D eigenvalue weighted by Gasteiger charge is -2.27. The summed E-state index contributed by atoms with van der Waals surface area (Å²) in [5.41, 5.74) is 6.48. The molecule has 1 heterocycles. The zero-order valence-electron chi connectivity index (χ0n) is 21.5. The van der Waals surface area contributed by atoms with Crippen LogP contribution >= 0.6 is 11.8 Å². The predicted octanol–water partition coefficient (Wildman–Crippen LogP) is 7.16. The van der Waals surface area contributed by atoms with Crippen molar-refractivity contribution in [3.8, 4) is 6.07 Å². The van der Waals surface area contributed by atoms with Gasteiger partial charge in [-0.3, -0.25) is 0 Å². The summed E-state index contributed by atoms with van der Waals surface area (Å²) in [6.07, 6.45) is 9.46. The van der Waals surface area contributed by atoms with Crippen LogP contribution in [0.5, 0.6) is 0 Å². The van der Waals surface area contributed by atoms with Crippen molar-refractivity contribution >= 4 is 53.5 Å². The number of carbonyl (C=O) groups excluding carboxylic acids is 2. The second-order valence-electron chi connectivity index (χ2n) is 9.28. The van der Waals surface area contributed by atoms with Crippen molar-refractivity contribution in [3.05, 3.63) is 94.6 Å². The molecule has 0 amide bonds. The van der Waals surface area contributed by atoms with E-state index in [2.05, 4.69) is 84.6 Å². The number of thioether (sulfide) groups is 1. The molecule has 3 aromatic rings. The molecule has 2 aliphatic rings. The first kappa shape index (κ1) is 27.7. The number of carboxylic acid groups (broad SMARTS) is 1. The molecule has 2 unspecified atom stereocenters. The molecule has 196 valence electrons. The number of anilines is 2. The van der Waals surface area contributed by atoms with Crippen LogP contribution in [0.15, 0.2) is 77.2 Å². The van der Waals surface area contributed by atoms with Gasteiger partial charge in [-0.1, -0.05) is 55.8 Å². The third-order valence-corrected chi connectivity index (χ3v) is 7.91. The normalized spacial score (nSPS) is 17.5. The summed E-state index contributed by atoms with van der Waals surface area (Å²) in [5.74, 6) is 0.313. The molecular formula is C32H28N2O4S. The van der Waals surface area contributed by atoms with Crippen LogP contribution in [-0.2, 0) is 14.4 Å². The van der Waals surface area contributed by atoms with E-state index in [-0.39, 0.29) is 11.7 Å². The van der Waals surface area contributed by atoms with Gasteiger partial charge in [0.05, 0.1) is 0 Å². The van der Waals surface area contributed by atoms with Gasteiger partial charge in [0.25, 0.3) is 0 Å². The molecule has 0 saturated heterocycles. The van der Waals surface area contributed by atoms with Crippen LogP contribution in [-0.4, -0.2) is 29.0 Å². The molecule has 1 saturated carbocycles. The third-order valence-electron chi connectivity index (χ3n) is 7.01. The molecule has 1 aliphatic heterocycles. The van der Waals surface area contributed by atoms with E-state index in [4.69, 9.17) is 14.9 Å². The van der Waals surface area contributed by atoms with Crippen molar-refractivity contribution in [2.75, 3.05) is 10.7 Å². The third kappa shape index (κ3) is 6.38. The molecule has 7 heteroatoms. The van der Waals surface area contributed by atoms with Gasteiger partial charge in [-0.15, -0.1) is 11.8 Å².